The Bertz CT molecular complexity index is 1180. The first-order valence-electron chi connectivity index (χ1n) is 13.3. The van der Waals surface area contributed by atoms with E-state index in [2.05, 4.69) is 20.9 Å². The Morgan fingerprint density at radius 3 is 2.25 bits per heavy atom. The van der Waals surface area contributed by atoms with Gasteiger partial charge in [-0.2, -0.15) is 0 Å². The predicted molar refractivity (Wildman–Crippen MR) is 148 cm³/mol. The Labute approximate surface area is 232 Å². The van der Waals surface area contributed by atoms with E-state index in [1.54, 1.807) is 19.2 Å². The molecule has 10 N–H and O–H groups in total. The number of benzene rings is 1. The zero-order valence-electron chi connectivity index (χ0n) is 22.8. The third kappa shape index (κ3) is 9.35. The number of aliphatic carboxylic acids is 2. The van der Waals surface area contributed by atoms with Crippen molar-refractivity contribution in [1.82, 2.24) is 20.9 Å². The first-order valence-corrected chi connectivity index (χ1v) is 13.3. The number of carbonyl (C=O) groups is 5. The lowest BCUT2D eigenvalue weighted by Crippen LogP contribution is -2.59. The molecular formula is C27H40N6O7. The zero-order chi connectivity index (χ0) is 29.8. The second-order valence-electron chi connectivity index (χ2n) is 9.88. The number of nitrogens with one attached hydrogen (secondary N) is 4. The highest BCUT2D eigenvalue weighted by Crippen LogP contribution is 2.19. The van der Waals surface area contributed by atoms with E-state index in [1.165, 1.54) is 0 Å². The van der Waals surface area contributed by atoms with Gasteiger partial charge < -0.3 is 42.6 Å². The smallest absolute Gasteiger partial charge is 0.326 e. The fourth-order valence-electron chi connectivity index (χ4n) is 4.24. The van der Waals surface area contributed by atoms with Crippen LogP contribution in [0.5, 0.6) is 0 Å². The van der Waals surface area contributed by atoms with Crippen molar-refractivity contribution < 1.29 is 34.2 Å². The van der Waals surface area contributed by atoms with Crippen LogP contribution in [0.1, 0.15) is 51.5 Å². The summed E-state index contributed by atoms with van der Waals surface area (Å²) in [5, 5.41) is 27.3. The standard InChI is InChI=1S/C27H40N6O7/c1-3-15(2)23(33-24(36)18(29)9-6-7-11-28)26(38)31-20(13-22(34)35)25(37)32-21(27(39)40)12-16-14-30-19-10-5-4-8-17(16)19/h4-5,8,10,14-15,18,20-21,23,30H,3,6-7,9,11-13,28-29H2,1-2H3,(H,31,38)(H,32,37)(H,33,36)(H,34,35)(H,39,40). The number of H-pyrrole nitrogens is 1. The number of hydrogen-bond donors (Lipinski definition) is 8. The second-order valence-corrected chi connectivity index (χ2v) is 9.88. The maximum atomic E-state index is 13.2. The molecule has 1 aromatic carbocycles. The molecule has 0 aliphatic heterocycles. The molecule has 0 spiro atoms. The summed E-state index contributed by atoms with van der Waals surface area (Å²) in [5.74, 6) is -5.39. The van der Waals surface area contributed by atoms with Crippen molar-refractivity contribution in [2.75, 3.05) is 6.54 Å². The quantitative estimate of drug-likeness (QED) is 0.124. The molecule has 13 heteroatoms. The van der Waals surface area contributed by atoms with E-state index in [0.717, 1.165) is 10.9 Å². The zero-order valence-corrected chi connectivity index (χ0v) is 22.8. The molecule has 5 atom stereocenters. The minimum Gasteiger partial charge on any atom is -0.481 e. The Balaban J connectivity index is 2.16. The number of amides is 3. The second kappa shape index (κ2) is 15.6. The summed E-state index contributed by atoms with van der Waals surface area (Å²) >= 11 is 0. The van der Waals surface area contributed by atoms with E-state index in [9.17, 15) is 34.2 Å². The van der Waals surface area contributed by atoms with Crippen LogP contribution in [0.2, 0.25) is 0 Å². The Kier molecular flexibility index (Phi) is 12.6. The highest BCUT2D eigenvalue weighted by molar-refractivity contribution is 5.96. The van der Waals surface area contributed by atoms with Crippen LogP contribution in [0.4, 0.5) is 0 Å². The fraction of sp³-hybridized carbons (Fsp3) is 0.519. The van der Waals surface area contributed by atoms with Gasteiger partial charge in [-0.25, -0.2) is 4.79 Å². The number of para-hydroxylation sites is 1. The van der Waals surface area contributed by atoms with Crippen molar-refractivity contribution in [3.63, 3.8) is 0 Å². The van der Waals surface area contributed by atoms with E-state index in [0.29, 0.717) is 37.8 Å². The lowest BCUT2D eigenvalue weighted by Gasteiger charge is -2.27. The van der Waals surface area contributed by atoms with Crippen molar-refractivity contribution in [1.29, 1.82) is 0 Å². The maximum Gasteiger partial charge on any atom is 0.326 e. The van der Waals surface area contributed by atoms with Gasteiger partial charge in [-0.05, 0) is 36.9 Å². The van der Waals surface area contributed by atoms with Gasteiger partial charge in [-0.3, -0.25) is 19.2 Å². The van der Waals surface area contributed by atoms with Gasteiger partial charge in [0.2, 0.25) is 17.7 Å². The summed E-state index contributed by atoms with van der Waals surface area (Å²) in [6.07, 6.45) is 2.96. The third-order valence-electron chi connectivity index (χ3n) is 6.82. The van der Waals surface area contributed by atoms with Gasteiger partial charge >= 0.3 is 11.9 Å². The van der Waals surface area contributed by atoms with Crippen molar-refractivity contribution in [2.24, 2.45) is 17.4 Å². The summed E-state index contributed by atoms with van der Waals surface area (Å²) < 4.78 is 0. The van der Waals surface area contributed by atoms with Crippen LogP contribution >= 0.6 is 0 Å². The highest BCUT2D eigenvalue weighted by atomic mass is 16.4. The molecule has 0 aliphatic carbocycles. The minimum atomic E-state index is -1.59. The summed E-state index contributed by atoms with van der Waals surface area (Å²) in [4.78, 5) is 65.5. The molecule has 1 heterocycles. The number of nitrogens with two attached hydrogens (primary N) is 2. The molecule has 40 heavy (non-hydrogen) atoms. The van der Waals surface area contributed by atoms with Crippen molar-refractivity contribution in [3.05, 3.63) is 36.0 Å². The van der Waals surface area contributed by atoms with Gasteiger partial charge in [0.05, 0.1) is 12.5 Å². The number of carbonyl (C=O) groups excluding carboxylic acids is 3. The van der Waals surface area contributed by atoms with Gasteiger partial charge in [0.15, 0.2) is 0 Å². The number of rotatable bonds is 17. The average molecular weight is 561 g/mol. The summed E-state index contributed by atoms with van der Waals surface area (Å²) in [5.41, 5.74) is 12.9. The predicted octanol–water partition coefficient (Wildman–Crippen LogP) is 0.227. The largest absolute Gasteiger partial charge is 0.481 e. The first kappa shape index (κ1) is 32.2. The molecular weight excluding hydrogens is 520 g/mol. The monoisotopic (exact) mass is 560 g/mol. The summed E-state index contributed by atoms with van der Waals surface area (Å²) in [6.45, 7) is 3.99. The minimum absolute atomic E-state index is 0.0770. The van der Waals surface area contributed by atoms with Crippen molar-refractivity contribution in [2.45, 2.75) is 76.5 Å². The van der Waals surface area contributed by atoms with Crippen molar-refractivity contribution >= 4 is 40.6 Å². The molecule has 0 bridgehead atoms. The fourth-order valence-corrected chi connectivity index (χ4v) is 4.24. The number of carboxylic acids is 2. The molecule has 0 saturated heterocycles. The maximum absolute atomic E-state index is 13.2. The molecule has 0 radical (unpaired) electrons. The van der Waals surface area contributed by atoms with E-state index in [-0.39, 0.29) is 12.3 Å². The molecule has 2 aromatic rings. The van der Waals surface area contributed by atoms with E-state index in [1.807, 2.05) is 25.1 Å². The number of hydrogen-bond acceptors (Lipinski definition) is 7. The van der Waals surface area contributed by atoms with E-state index >= 15 is 0 Å². The molecule has 0 fully saturated rings. The van der Waals surface area contributed by atoms with Crippen LogP contribution in [0.15, 0.2) is 30.5 Å². The van der Waals surface area contributed by atoms with Crippen LogP contribution in [0.25, 0.3) is 10.9 Å². The normalized spacial score (nSPS) is 14.9. The number of fused-ring (bicyclic) bond motifs is 1. The van der Waals surface area contributed by atoms with Gasteiger partial charge in [0, 0.05) is 23.5 Å². The van der Waals surface area contributed by atoms with Gasteiger partial charge in [0.25, 0.3) is 0 Å². The van der Waals surface area contributed by atoms with Crippen LogP contribution in [0.3, 0.4) is 0 Å². The Morgan fingerprint density at radius 1 is 0.950 bits per heavy atom. The average Bonchev–Trinajstić information content (AvgIpc) is 3.32. The topological polar surface area (TPSA) is 230 Å². The lowest BCUT2D eigenvalue weighted by molar-refractivity contribution is -0.143. The summed E-state index contributed by atoms with van der Waals surface area (Å²) in [7, 11) is 0. The van der Waals surface area contributed by atoms with Crippen LogP contribution in [-0.4, -0.2) is 75.6 Å². The van der Waals surface area contributed by atoms with E-state index < -0.39 is 60.2 Å². The number of aromatic nitrogens is 1. The van der Waals surface area contributed by atoms with Crippen LogP contribution < -0.4 is 27.4 Å². The van der Waals surface area contributed by atoms with Crippen LogP contribution in [0, 0.1) is 5.92 Å². The number of carboxylic acid groups (broad SMARTS) is 2. The SMILES string of the molecule is CCC(C)C(NC(=O)C(N)CCCCN)C(=O)NC(CC(=O)O)C(=O)NC(Cc1c[nH]c2ccccc12)C(=O)O. The number of aromatic amines is 1. The van der Waals surface area contributed by atoms with Crippen LogP contribution in [-0.2, 0) is 30.4 Å². The van der Waals surface area contributed by atoms with Crippen molar-refractivity contribution in [3.8, 4) is 0 Å². The van der Waals surface area contributed by atoms with Gasteiger partial charge in [-0.15, -0.1) is 0 Å². The highest BCUT2D eigenvalue weighted by Gasteiger charge is 2.33. The Morgan fingerprint density at radius 2 is 1.62 bits per heavy atom. The first-order chi connectivity index (χ1) is 19.0. The molecule has 5 unspecified atom stereocenters. The molecule has 13 nitrogen and oxygen atoms in total. The molecule has 3 amide bonds. The van der Waals surface area contributed by atoms with Gasteiger partial charge in [-0.1, -0.05) is 44.9 Å². The Hall–Kier alpha value is -3.97. The molecule has 0 saturated carbocycles. The summed E-state index contributed by atoms with van der Waals surface area (Å²) in [6, 6.07) is 2.31. The lowest BCUT2D eigenvalue weighted by atomic mass is 9.97. The van der Waals surface area contributed by atoms with E-state index in [4.69, 9.17) is 11.5 Å². The third-order valence-corrected chi connectivity index (χ3v) is 6.82. The molecule has 1 aromatic heterocycles. The number of unbranched alkanes of at least 4 members (excludes halogenated alkanes) is 1. The van der Waals surface area contributed by atoms with Gasteiger partial charge in [0.1, 0.15) is 18.1 Å². The molecule has 2 rings (SSSR count). The molecule has 0 aliphatic rings. The molecule has 220 valence electrons.